The van der Waals surface area contributed by atoms with Crippen LogP contribution in [-0.2, 0) is 0 Å². The summed E-state index contributed by atoms with van der Waals surface area (Å²) in [6, 6.07) is 9.79. The number of anilines is 1. The van der Waals surface area contributed by atoms with E-state index >= 15 is 0 Å². The second-order valence-corrected chi connectivity index (χ2v) is 4.33. The zero-order valence-electron chi connectivity index (χ0n) is 10.1. The van der Waals surface area contributed by atoms with Crippen molar-refractivity contribution in [2.24, 2.45) is 0 Å². The Kier molecular flexibility index (Phi) is 1.97. The number of nitrogens with zero attached hydrogens (tertiary/aromatic N) is 5. The van der Waals surface area contributed by atoms with Crippen LogP contribution in [0.1, 0.15) is 0 Å². The first-order valence-corrected chi connectivity index (χ1v) is 5.83. The SMILES string of the molecule is Nc1no[n+]([O-])c1-n1cc2c3ccccc3cc-2nn1. The summed E-state index contributed by atoms with van der Waals surface area (Å²) in [6.45, 7) is 0. The Labute approximate surface area is 111 Å². The Hall–Kier alpha value is -3.16. The summed E-state index contributed by atoms with van der Waals surface area (Å²) in [5.41, 5.74) is 7.21. The predicted octanol–water partition coefficient (Wildman–Crippen LogP) is 0.729. The van der Waals surface area contributed by atoms with Gasteiger partial charge >= 0.3 is 5.82 Å². The van der Waals surface area contributed by atoms with Crippen LogP contribution < -0.4 is 10.6 Å². The summed E-state index contributed by atoms with van der Waals surface area (Å²) < 4.78 is 5.69. The predicted molar refractivity (Wildman–Crippen MR) is 68.9 cm³/mol. The van der Waals surface area contributed by atoms with Crippen molar-refractivity contribution in [1.29, 1.82) is 0 Å². The van der Waals surface area contributed by atoms with Crippen molar-refractivity contribution < 1.29 is 9.53 Å². The molecule has 2 heterocycles. The number of benzene rings is 1. The van der Waals surface area contributed by atoms with Crippen LogP contribution in [0.5, 0.6) is 0 Å². The second-order valence-electron chi connectivity index (χ2n) is 4.33. The number of hydrogen-bond donors (Lipinski definition) is 1. The van der Waals surface area contributed by atoms with E-state index in [1.165, 1.54) is 4.68 Å². The number of rotatable bonds is 1. The van der Waals surface area contributed by atoms with Gasteiger partial charge in [-0.05, 0) is 22.0 Å². The van der Waals surface area contributed by atoms with Crippen LogP contribution in [0.2, 0.25) is 0 Å². The molecule has 0 radical (unpaired) electrons. The minimum absolute atomic E-state index is 0.00955. The molecule has 2 aliphatic rings. The van der Waals surface area contributed by atoms with Gasteiger partial charge < -0.3 is 15.6 Å². The Morgan fingerprint density at radius 1 is 1.30 bits per heavy atom. The molecular weight excluding hydrogens is 260 g/mol. The highest BCUT2D eigenvalue weighted by molar-refractivity contribution is 6.00. The molecule has 98 valence electrons. The molecule has 1 aliphatic carbocycles. The van der Waals surface area contributed by atoms with Crippen molar-refractivity contribution in [2.75, 3.05) is 5.73 Å². The van der Waals surface area contributed by atoms with Gasteiger partial charge in [0.15, 0.2) is 0 Å². The second kappa shape index (κ2) is 3.67. The van der Waals surface area contributed by atoms with Crippen LogP contribution in [0.25, 0.3) is 27.8 Å². The number of fused-ring (bicyclic) bond motifs is 3. The topological polar surface area (TPSA) is 110 Å². The molecule has 2 N–H and O–H groups in total. The molecule has 0 fully saturated rings. The van der Waals surface area contributed by atoms with Crippen molar-refractivity contribution >= 4 is 16.6 Å². The van der Waals surface area contributed by atoms with Gasteiger partial charge in [-0.2, -0.15) is 0 Å². The van der Waals surface area contributed by atoms with Gasteiger partial charge in [0.2, 0.25) is 0 Å². The van der Waals surface area contributed by atoms with Gasteiger partial charge in [0, 0.05) is 10.8 Å². The van der Waals surface area contributed by atoms with E-state index in [1.807, 2.05) is 30.3 Å². The average Bonchev–Trinajstić information content (AvgIpc) is 2.99. The highest BCUT2D eigenvalue weighted by atomic mass is 16.8. The molecule has 0 saturated carbocycles. The largest absolute Gasteiger partial charge is 0.391 e. The molecule has 0 atom stereocenters. The first-order valence-electron chi connectivity index (χ1n) is 5.83. The lowest BCUT2D eigenvalue weighted by Gasteiger charge is -2.01. The average molecular weight is 268 g/mol. The summed E-state index contributed by atoms with van der Waals surface area (Å²) in [5.74, 6) is -0.0563. The van der Waals surface area contributed by atoms with Crippen molar-refractivity contribution in [3.05, 3.63) is 41.7 Å². The fourth-order valence-electron chi connectivity index (χ4n) is 2.25. The Balaban J connectivity index is 2.03. The fourth-order valence-corrected chi connectivity index (χ4v) is 2.25. The van der Waals surface area contributed by atoms with Crippen molar-refractivity contribution in [3.8, 4) is 17.1 Å². The van der Waals surface area contributed by atoms with Crippen molar-refractivity contribution in [3.63, 3.8) is 0 Å². The van der Waals surface area contributed by atoms with E-state index in [9.17, 15) is 5.21 Å². The summed E-state index contributed by atoms with van der Waals surface area (Å²) >= 11 is 0. The van der Waals surface area contributed by atoms with Crippen LogP contribution in [0.15, 0.2) is 41.2 Å². The Bertz CT molecular complexity index is 877. The molecule has 0 unspecified atom stereocenters. The summed E-state index contributed by atoms with van der Waals surface area (Å²) in [6.07, 6.45) is 1.68. The smallest absolute Gasteiger partial charge is 0.350 e. The van der Waals surface area contributed by atoms with Crippen LogP contribution in [0.4, 0.5) is 5.82 Å². The lowest BCUT2D eigenvalue weighted by atomic mass is 10.2. The number of nitrogens with two attached hydrogens (primary N) is 1. The minimum Gasteiger partial charge on any atom is -0.391 e. The minimum atomic E-state index is -0.0467. The van der Waals surface area contributed by atoms with Crippen molar-refractivity contribution in [2.45, 2.75) is 0 Å². The van der Waals surface area contributed by atoms with Gasteiger partial charge in [0.25, 0.3) is 5.82 Å². The van der Waals surface area contributed by atoms with Crippen LogP contribution >= 0.6 is 0 Å². The lowest BCUT2D eigenvalue weighted by molar-refractivity contribution is -0.797. The molecule has 20 heavy (non-hydrogen) atoms. The van der Waals surface area contributed by atoms with Gasteiger partial charge in [-0.3, -0.25) is 0 Å². The van der Waals surface area contributed by atoms with E-state index < -0.39 is 0 Å². The van der Waals surface area contributed by atoms with Gasteiger partial charge in [-0.25, -0.2) is 0 Å². The first kappa shape index (κ1) is 10.7. The van der Waals surface area contributed by atoms with Crippen molar-refractivity contribution in [1.82, 2.24) is 20.2 Å². The first-order chi connectivity index (χ1) is 9.74. The zero-order valence-corrected chi connectivity index (χ0v) is 10.1. The molecule has 1 aliphatic heterocycles. The van der Waals surface area contributed by atoms with E-state index in [-0.39, 0.29) is 16.5 Å². The molecule has 2 aromatic rings. The monoisotopic (exact) mass is 268 g/mol. The van der Waals surface area contributed by atoms with E-state index in [2.05, 4.69) is 20.1 Å². The maximum absolute atomic E-state index is 11.5. The lowest BCUT2D eigenvalue weighted by Crippen LogP contribution is -2.30. The third-order valence-corrected chi connectivity index (χ3v) is 3.15. The zero-order chi connectivity index (χ0) is 13.7. The standard InChI is InChI=1S/C12H8N6O2/c13-11-12(18(19)20-15-11)17-6-9-8-4-2-1-3-7(8)5-10(9)14-16-17/h1-6H,(H2,13,15). The Morgan fingerprint density at radius 3 is 2.95 bits per heavy atom. The molecule has 0 amide bonds. The van der Waals surface area contributed by atoms with Crippen LogP contribution in [-0.4, -0.2) is 20.2 Å². The summed E-state index contributed by atoms with van der Waals surface area (Å²) in [4.78, 5) is 0.195. The van der Waals surface area contributed by atoms with Gasteiger partial charge in [0.1, 0.15) is 11.9 Å². The highest BCUT2D eigenvalue weighted by Crippen LogP contribution is 2.31. The van der Waals surface area contributed by atoms with E-state index in [1.54, 1.807) is 6.20 Å². The molecule has 0 spiro atoms. The molecular formula is C12H8N6O2. The molecule has 8 nitrogen and oxygen atoms in total. The number of nitrogen functional groups attached to an aromatic ring is 1. The molecule has 0 bridgehead atoms. The maximum Gasteiger partial charge on any atom is 0.350 e. The van der Waals surface area contributed by atoms with E-state index in [0.717, 1.165) is 22.0 Å². The highest BCUT2D eigenvalue weighted by Gasteiger charge is 2.21. The summed E-state index contributed by atoms with van der Waals surface area (Å²) in [7, 11) is 0. The van der Waals surface area contributed by atoms with Gasteiger partial charge in [-0.1, -0.05) is 29.2 Å². The molecule has 8 heteroatoms. The fraction of sp³-hybridized carbons (Fsp3) is 0. The summed E-state index contributed by atoms with van der Waals surface area (Å²) in [5, 5.41) is 25.0. The maximum atomic E-state index is 11.5. The number of aromatic nitrogens is 5. The van der Waals surface area contributed by atoms with Crippen LogP contribution in [0.3, 0.4) is 0 Å². The molecule has 0 saturated heterocycles. The van der Waals surface area contributed by atoms with Gasteiger partial charge in [-0.15, -0.1) is 9.78 Å². The number of hydrogen-bond acceptors (Lipinski definition) is 6. The quantitative estimate of drug-likeness (QED) is 0.509. The normalized spacial score (nSPS) is 11.4. The molecule has 4 rings (SSSR count). The van der Waals surface area contributed by atoms with E-state index in [4.69, 9.17) is 5.73 Å². The Morgan fingerprint density at radius 2 is 2.15 bits per heavy atom. The third kappa shape index (κ3) is 1.35. The third-order valence-electron chi connectivity index (χ3n) is 3.15. The van der Waals surface area contributed by atoms with E-state index in [0.29, 0.717) is 0 Å². The van der Waals surface area contributed by atoms with Crippen LogP contribution in [0, 0.1) is 5.21 Å². The molecule has 1 aromatic heterocycles. The molecule has 1 aromatic carbocycles. The van der Waals surface area contributed by atoms with Gasteiger partial charge in [0.05, 0.1) is 0 Å².